The Morgan fingerprint density at radius 3 is 2.29 bits per heavy atom. The number of rotatable bonds is 4. The molecule has 21 heavy (non-hydrogen) atoms. The smallest absolute Gasteiger partial charge is 0.261 e. The van der Waals surface area contributed by atoms with E-state index in [1.165, 1.54) is 12.1 Å². The molecule has 0 saturated carbocycles. The molecule has 1 N–H and O–H groups in total. The summed E-state index contributed by atoms with van der Waals surface area (Å²) in [5, 5.41) is 0. The van der Waals surface area contributed by atoms with Crippen molar-refractivity contribution in [3.05, 3.63) is 52.8 Å². The summed E-state index contributed by atoms with van der Waals surface area (Å²) < 4.78 is 40.8. The van der Waals surface area contributed by atoms with Crippen molar-refractivity contribution < 1.29 is 12.8 Å². The van der Waals surface area contributed by atoms with E-state index in [0.29, 0.717) is 5.69 Å². The minimum Gasteiger partial charge on any atom is -0.376 e. The van der Waals surface area contributed by atoms with E-state index in [-0.39, 0.29) is 4.90 Å². The third kappa shape index (κ3) is 3.74. The summed E-state index contributed by atoms with van der Waals surface area (Å²) in [6.07, 6.45) is 0. The minimum atomic E-state index is -3.77. The number of halogens is 2. The normalized spacial score (nSPS) is 11.2. The summed E-state index contributed by atoms with van der Waals surface area (Å²) in [7, 11) is -0.130. The van der Waals surface area contributed by atoms with E-state index in [9.17, 15) is 12.8 Å². The van der Waals surface area contributed by atoms with Crippen LogP contribution in [0.25, 0.3) is 0 Å². The van der Waals surface area contributed by atoms with Gasteiger partial charge in [0, 0.05) is 18.6 Å². The zero-order chi connectivity index (χ0) is 15.6. The first-order valence-electron chi connectivity index (χ1n) is 6.05. The van der Waals surface area contributed by atoms with Gasteiger partial charge in [-0.2, -0.15) is 0 Å². The first-order valence-corrected chi connectivity index (χ1v) is 8.32. The predicted molar refractivity (Wildman–Crippen MR) is 85.7 cm³/mol. The number of hydrogen-bond donors (Lipinski definition) is 1. The summed E-state index contributed by atoms with van der Waals surface area (Å²) in [5.41, 5.74) is 1.17. The van der Waals surface area contributed by atoms with Gasteiger partial charge in [0.05, 0.1) is 16.3 Å². The van der Waals surface area contributed by atoms with Crippen molar-refractivity contribution in [2.45, 2.75) is 4.90 Å². The summed E-state index contributed by atoms with van der Waals surface area (Å²) >= 11 is 3.32. The molecule has 2 rings (SSSR count). The van der Waals surface area contributed by atoms with Crippen LogP contribution in [0, 0.1) is 5.82 Å². The molecule has 2 aromatic rings. The highest BCUT2D eigenvalue weighted by atomic mass is 79.9. The molecule has 0 radical (unpaired) electrons. The van der Waals surface area contributed by atoms with Crippen LogP contribution in [0.4, 0.5) is 15.8 Å². The largest absolute Gasteiger partial charge is 0.376 e. The number of nitrogens with zero attached hydrogens (tertiary/aromatic N) is 1. The molecule has 2 aromatic carbocycles. The Kier molecular flexibility index (Phi) is 4.53. The van der Waals surface area contributed by atoms with Gasteiger partial charge in [-0.1, -0.05) is 15.9 Å². The highest BCUT2D eigenvalue weighted by molar-refractivity contribution is 9.10. The average molecular weight is 373 g/mol. The van der Waals surface area contributed by atoms with Crippen LogP contribution in [0.15, 0.2) is 51.8 Å². The van der Waals surface area contributed by atoms with E-state index in [1.807, 2.05) is 20.2 Å². The summed E-state index contributed by atoms with van der Waals surface area (Å²) in [6.45, 7) is 0. The molecule has 112 valence electrons. The molecule has 4 nitrogen and oxygen atoms in total. The van der Waals surface area contributed by atoms with E-state index in [1.54, 1.807) is 17.0 Å². The van der Waals surface area contributed by atoms with Crippen molar-refractivity contribution in [2.24, 2.45) is 0 Å². The monoisotopic (exact) mass is 372 g/mol. The lowest BCUT2D eigenvalue weighted by Crippen LogP contribution is -2.17. The Balaban J connectivity index is 2.41. The van der Waals surface area contributed by atoms with E-state index in [4.69, 9.17) is 0 Å². The second-order valence-corrected chi connectivity index (χ2v) is 7.21. The Hall–Kier alpha value is -1.60. The van der Waals surface area contributed by atoms with E-state index < -0.39 is 15.8 Å². The van der Waals surface area contributed by atoms with E-state index in [0.717, 1.165) is 22.3 Å². The SMILES string of the molecule is CN(C)c1ccc(Br)cc1NS(=O)(=O)c1ccc(F)cc1. The van der Waals surface area contributed by atoms with Crippen LogP contribution in [0.1, 0.15) is 0 Å². The molecule has 0 saturated heterocycles. The third-order valence-electron chi connectivity index (χ3n) is 2.81. The van der Waals surface area contributed by atoms with Crippen molar-refractivity contribution in [1.82, 2.24) is 0 Å². The molecule has 0 bridgehead atoms. The number of anilines is 2. The molecule has 0 fully saturated rings. The van der Waals surface area contributed by atoms with Crippen LogP contribution < -0.4 is 9.62 Å². The highest BCUT2D eigenvalue weighted by Gasteiger charge is 2.17. The lowest BCUT2D eigenvalue weighted by Gasteiger charge is -2.19. The maximum atomic E-state index is 12.9. The molecular formula is C14H14BrFN2O2S. The van der Waals surface area contributed by atoms with Gasteiger partial charge in [0.15, 0.2) is 0 Å². The molecule has 0 unspecified atom stereocenters. The van der Waals surface area contributed by atoms with Gasteiger partial charge < -0.3 is 4.90 Å². The molecule has 0 aliphatic rings. The maximum Gasteiger partial charge on any atom is 0.261 e. The van der Waals surface area contributed by atoms with Gasteiger partial charge in [-0.3, -0.25) is 4.72 Å². The van der Waals surface area contributed by atoms with Crippen LogP contribution >= 0.6 is 15.9 Å². The van der Waals surface area contributed by atoms with E-state index in [2.05, 4.69) is 20.7 Å². The predicted octanol–water partition coefficient (Wildman–Crippen LogP) is 3.46. The Morgan fingerprint density at radius 2 is 1.71 bits per heavy atom. The quantitative estimate of drug-likeness (QED) is 0.893. The first kappa shape index (κ1) is 15.8. The number of nitrogens with one attached hydrogen (secondary N) is 1. The van der Waals surface area contributed by atoms with Crippen molar-refractivity contribution in [1.29, 1.82) is 0 Å². The van der Waals surface area contributed by atoms with Crippen molar-refractivity contribution in [2.75, 3.05) is 23.7 Å². The minimum absolute atomic E-state index is 0.00795. The topological polar surface area (TPSA) is 49.4 Å². The second-order valence-electron chi connectivity index (χ2n) is 4.62. The number of sulfonamides is 1. The van der Waals surface area contributed by atoms with Gasteiger partial charge in [0.25, 0.3) is 10.0 Å². The molecule has 0 aromatic heterocycles. The molecule has 7 heteroatoms. The standard InChI is InChI=1S/C14H14BrFN2O2S/c1-18(2)14-8-3-10(15)9-13(14)17-21(19,20)12-6-4-11(16)5-7-12/h3-9,17H,1-2H3. The average Bonchev–Trinajstić information content (AvgIpc) is 2.38. The summed E-state index contributed by atoms with van der Waals surface area (Å²) in [5.74, 6) is -0.481. The fourth-order valence-corrected chi connectivity index (χ4v) is 3.22. The number of hydrogen-bond acceptors (Lipinski definition) is 3. The molecule has 0 aliphatic carbocycles. The van der Waals surface area contributed by atoms with Gasteiger partial charge in [-0.25, -0.2) is 12.8 Å². The third-order valence-corrected chi connectivity index (χ3v) is 4.68. The lowest BCUT2D eigenvalue weighted by molar-refractivity contribution is 0.599. The summed E-state index contributed by atoms with van der Waals surface area (Å²) in [4.78, 5) is 1.81. The van der Waals surface area contributed by atoms with Gasteiger partial charge in [0.2, 0.25) is 0 Å². The molecule has 0 aliphatic heterocycles. The fourth-order valence-electron chi connectivity index (χ4n) is 1.80. The Bertz CT molecular complexity index is 746. The molecule has 0 heterocycles. The van der Waals surface area contributed by atoms with Gasteiger partial charge in [-0.05, 0) is 42.5 Å². The maximum absolute atomic E-state index is 12.9. The van der Waals surface area contributed by atoms with Crippen molar-refractivity contribution in [3.8, 4) is 0 Å². The fraction of sp³-hybridized carbons (Fsp3) is 0.143. The van der Waals surface area contributed by atoms with Gasteiger partial charge in [-0.15, -0.1) is 0 Å². The van der Waals surface area contributed by atoms with Crippen LogP contribution in [0.5, 0.6) is 0 Å². The second kappa shape index (κ2) is 6.03. The van der Waals surface area contributed by atoms with Crippen molar-refractivity contribution in [3.63, 3.8) is 0 Å². The molecule has 0 spiro atoms. The molecule has 0 amide bonds. The van der Waals surface area contributed by atoms with Crippen LogP contribution in [0.2, 0.25) is 0 Å². The van der Waals surface area contributed by atoms with Crippen LogP contribution in [0.3, 0.4) is 0 Å². The first-order chi connectivity index (χ1) is 9.79. The summed E-state index contributed by atoms with van der Waals surface area (Å²) in [6, 6.07) is 9.98. The van der Waals surface area contributed by atoms with Crippen LogP contribution in [-0.2, 0) is 10.0 Å². The number of benzene rings is 2. The Labute approximate surface area is 131 Å². The Morgan fingerprint density at radius 1 is 1.10 bits per heavy atom. The lowest BCUT2D eigenvalue weighted by atomic mass is 10.2. The zero-order valence-electron chi connectivity index (χ0n) is 11.5. The highest BCUT2D eigenvalue weighted by Crippen LogP contribution is 2.30. The zero-order valence-corrected chi connectivity index (χ0v) is 13.9. The molecule has 0 atom stereocenters. The van der Waals surface area contributed by atoms with Gasteiger partial charge >= 0.3 is 0 Å². The van der Waals surface area contributed by atoms with Gasteiger partial charge in [0.1, 0.15) is 5.82 Å². The molecular weight excluding hydrogens is 359 g/mol. The van der Waals surface area contributed by atoms with Crippen LogP contribution in [-0.4, -0.2) is 22.5 Å². The van der Waals surface area contributed by atoms with Crippen molar-refractivity contribution >= 4 is 37.3 Å². The van der Waals surface area contributed by atoms with E-state index >= 15 is 0 Å².